The number of anilines is 1. The number of carbonyl (C=O) groups is 2. The second kappa shape index (κ2) is 9.92. The number of hydrogen-bond acceptors (Lipinski definition) is 6. The molecule has 8 heteroatoms. The van der Waals surface area contributed by atoms with Gasteiger partial charge in [-0.1, -0.05) is 41.9 Å². The van der Waals surface area contributed by atoms with Crippen molar-refractivity contribution in [1.82, 2.24) is 0 Å². The number of nitrogens with zero attached hydrogens (tertiary/aromatic N) is 1. The van der Waals surface area contributed by atoms with Gasteiger partial charge >= 0.3 is 5.97 Å². The first-order chi connectivity index (χ1) is 14.5. The second-order valence-corrected chi connectivity index (χ2v) is 7.46. The molecular weight excluding hydrogens is 424 g/mol. The molecule has 0 saturated heterocycles. The van der Waals surface area contributed by atoms with Gasteiger partial charge in [-0.2, -0.15) is 5.26 Å². The Hall–Kier alpha value is -3.34. The van der Waals surface area contributed by atoms with Gasteiger partial charge < -0.3 is 14.8 Å². The van der Waals surface area contributed by atoms with Crippen LogP contribution in [0.15, 0.2) is 54.6 Å². The summed E-state index contributed by atoms with van der Waals surface area (Å²) in [6.45, 7) is 1.64. The minimum Gasteiger partial charge on any atom is -0.484 e. The molecular formula is C22H17ClN2O4S. The van der Waals surface area contributed by atoms with Crippen molar-refractivity contribution in [1.29, 1.82) is 5.26 Å². The zero-order valence-electron chi connectivity index (χ0n) is 16.0. The van der Waals surface area contributed by atoms with Gasteiger partial charge in [0.05, 0.1) is 12.2 Å². The maximum atomic E-state index is 12.5. The van der Waals surface area contributed by atoms with Crippen LogP contribution in [0, 0.1) is 11.3 Å². The Kier molecular flexibility index (Phi) is 7.07. The lowest BCUT2D eigenvalue weighted by Gasteiger charge is -2.07. The Morgan fingerprint density at radius 2 is 1.83 bits per heavy atom. The quantitative estimate of drug-likeness (QED) is 0.514. The van der Waals surface area contributed by atoms with Crippen molar-refractivity contribution in [2.45, 2.75) is 6.92 Å². The molecule has 30 heavy (non-hydrogen) atoms. The number of carbonyl (C=O) groups excluding carboxylic acids is 2. The van der Waals surface area contributed by atoms with Gasteiger partial charge in [-0.15, -0.1) is 11.3 Å². The maximum Gasteiger partial charge on any atom is 0.349 e. The van der Waals surface area contributed by atoms with E-state index in [0.29, 0.717) is 21.9 Å². The minimum atomic E-state index is -0.546. The number of hydrogen-bond donors (Lipinski definition) is 1. The normalized spacial score (nSPS) is 10.2. The summed E-state index contributed by atoms with van der Waals surface area (Å²) in [6.07, 6.45) is 0. The predicted octanol–water partition coefficient (Wildman–Crippen LogP) is 5.13. The molecule has 0 spiro atoms. The number of amides is 1. The van der Waals surface area contributed by atoms with E-state index < -0.39 is 11.9 Å². The summed E-state index contributed by atoms with van der Waals surface area (Å²) in [5, 5.41) is 13.2. The monoisotopic (exact) mass is 440 g/mol. The summed E-state index contributed by atoms with van der Waals surface area (Å²) in [5.41, 5.74) is 1.33. The Morgan fingerprint density at radius 1 is 1.13 bits per heavy atom. The van der Waals surface area contributed by atoms with E-state index in [0.717, 1.165) is 11.3 Å². The van der Waals surface area contributed by atoms with Crippen LogP contribution in [-0.2, 0) is 9.53 Å². The third kappa shape index (κ3) is 4.98. The average molecular weight is 441 g/mol. The molecule has 0 radical (unpaired) electrons. The van der Waals surface area contributed by atoms with Gasteiger partial charge in [-0.25, -0.2) is 4.79 Å². The number of esters is 1. The van der Waals surface area contributed by atoms with Crippen molar-refractivity contribution in [3.8, 4) is 22.9 Å². The molecule has 0 aliphatic heterocycles. The first kappa shape index (κ1) is 21.4. The van der Waals surface area contributed by atoms with Crippen molar-refractivity contribution >= 4 is 39.8 Å². The van der Waals surface area contributed by atoms with Gasteiger partial charge in [0.15, 0.2) is 6.61 Å². The lowest BCUT2D eigenvalue weighted by Crippen LogP contribution is -2.20. The number of ether oxygens (including phenoxy) is 2. The molecule has 6 nitrogen and oxygen atoms in total. The number of nitriles is 1. The van der Waals surface area contributed by atoms with Gasteiger partial charge in [0, 0.05) is 10.6 Å². The van der Waals surface area contributed by atoms with Crippen LogP contribution in [0.2, 0.25) is 5.02 Å². The highest BCUT2D eigenvalue weighted by molar-refractivity contribution is 7.19. The molecule has 0 unspecified atom stereocenters. The lowest BCUT2D eigenvalue weighted by atomic mass is 10.0. The van der Waals surface area contributed by atoms with Crippen LogP contribution in [0.4, 0.5) is 5.00 Å². The highest BCUT2D eigenvalue weighted by Gasteiger charge is 2.26. The van der Waals surface area contributed by atoms with E-state index in [-0.39, 0.29) is 28.7 Å². The Balaban J connectivity index is 1.87. The molecule has 3 rings (SSSR count). The Morgan fingerprint density at radius 3 is 2.47 bits per heavy atom. The van der Waals surface area contributed by atoms with Crippen LogP contribution >= 0.6 is 22.9 Å². The summed E-state index contributed by atoms with van der Waals surface area (Å²) in [7, 11) is 0. The van der Waals surface area contributed by atoms with Gasteiger partial charge in [-0.05, 0) is 36.8 Å². The maximum absolute atomic E-state index is 12.5. The predicted molar refractivity (Wildman–Crippen MR) is 116 cm³/mol. The minimum absolute atomic E-state index is 0.198. The summed E-state index contributed by atoms with van der Waals surface area (Å²) >= 11 is 6.83. The van der Waals surface area contributed by atoms with E-state index in [1.54, 1.807) is 55.5 Å². The van der Waals surface area contributed by atoms with E-state index in [9.17, 15) is 14.9 Å². The Bertz CT molecular complexity index is 1090. The molecule has 152 valence electrons. The number of benzene rings is 2. The number of thiophene rings is 1. The number of halogens is 1. The van der Waals surface area contributed by atoms with Gasteiger partial charge in [0.1, 0.15) is 21.7 Å². The van der Waals surface area contributed by atoms with Crippen molar-refractivity contribution in [2.24, 2.45) is 0 Å². The fourth-order valence-corrected chi connectivity index (χ4v) is 3.90. The molecule has 2 aromatic carbocycles. The summed E-state index contributed by atoms with van der Waals surface area (Å²) < 4.78 is 10.6. The van der Waals surface area contributed by atoms with Crippen LogP contribution in [0.25, 0.3) is 11.1 Å². The number of rotatable bonds is 7. The van der Waals surface area contributed by atoms with Gasteiger partial charge in [0.2, 0.25) is 0 Å². The van der Waals surface area contributed by atoms with Gasteiger partial charge in [-0.3, -0.25) is 4.79 Å². The molecule has 0 aliphatic rings. The molecule has 0 saturated carbocycles. The average Bonchev–Trinajstić information content (AvgIpc) is 3.12. The van der Waals surface area contributed by atoms with E-state index in [4.69, 9.17) is 21.1 Å². The zero-order valence-corrected chi connectivity index (χ0v) is 17.5. The van der Waals surface area contributed by atoms with E-state index in [1.807, 2.05) is 6.07 Å². The summed E-state index contributed by atoms with van der Waals surface area (Å²) in [6, 6.07) is 17.7. The highest BCUT2D eigenvalue weighted by Crippen LogP contribution is 2.40. The molecule has 1 N–H and O–H groups in total. The topological polar surface area (TPSA) is 88.4 Å². The molecule has 0 bridgehead atoms. The van der Waals surface area contributed by atoms with E-state index in [1.165, 1.54) is 0 Å². The standard InChI is InChI=1S/C22H17ClN2O4S/c1-2-28-22(27)20-19(14-6-4-3-5-7-14)17(12-24)21(30-20)25-18(26)13-29-16-10-8-15(23)9-11-16/h3-11H,2,13H2,1H3,(H,25,26). The molecule has 0 atom stereocenters. The summed E-state index contributed by atoms with van der Waals surface area (Å²) in [5.74, 6) is -0.521. The highest BCUT2D eigenvalue weighted by atomic mass is 35.5. The van der Waals surface area contributed by atoms with Crippen LogP contribution < -0.4 is 10.1 Å². The fraction of sp³-hybridized carbons (Fsp3) is 0.136. The van der Waals surface area contributed by atoms with Crippen LogP contribution in [-0.4, -0.2) is 25.1 Å². The summed E-state index contributed by atoms with van der Waals surface area (Å²) in [4.78, 5) is 25.1. The molecule has 1 amide bonds. The lowest BCUT2D eigenvalue weighted by molar-refractivity contribution is -0.118. The third-order valence-corrected chi connectivity index (χ3v) is 5.32. The first-order valence-corrected chi connectivity index (χ1v) is 10.2. The Labute approximate surface area is 182 Å². The van der Waals surface area contributed by atoms with Gasteiger partial charge in [0.25, 0.3) is 5.91 Å². The molecule has 1 heterocycles. The van der Waals surface area contributed by atoms with Crippen molar-refractivity contribution in [2.75, 3.05) is 18.5 Å². The molecule has 3 aromatic rings. The zero-order chi connectivity index (χ0) is 21.5. The van der Waals surface area contributed by atoms with Crippen molar-refractivity contribution in [3.05, 3.63) is 70.1 Å². The van der Waals surface area contributed by atoms with Crippen LogP contribution in [0.3, 0.4) is 0 Å². The first-order valence-electron chi connectivity index (χ1n) is 9.01. The van der Waals surface area contributed by atoms with Crippen LogP contribution in [0.1, 0.15) is 22.2 Å². The fourth-order valence-electron chi connectivity index (χ4n) is 2.69. The van der Waals surface area contributed by atoms with E-state index in [2.05, 4.69) is 11.4 Å². The van der Waals surface area contributed by atoms with E-state index >= 15 is 0 Å². The van der Waals surface area contributed by atoms with Crippen LogP contribution in [0.5, 0.6) is 5.75 Å². The number of nitrogens with one attached hydrogen (secondary N) is 1. The largest absolute Gasteiger partial charge is 0.484 e. The third-order valence-electron chi connectivity index (χ3n) is 3.98. The second-order valence-electron chi connectivity index (χ2n) is 6.00. The molecule has 0 aliphatic carbocycles. The SMILES string of the molecule is CCOC(=O)c1sc(NC(=O)COc2ccc(Cl)cc2)c(C#N)c1-c1ccccc1. The van der Waals surface area contributed by atoms with Crippen molar-refractivity contribution in [3.63, 3.8) is 0 Å². The molecule has 0 fully saturated rings. The smallest absolute Gasteiger partial charge is 0.349 e. The molecule has 1 aromatic heterocycles. The van der Waals surface area contributed by atoms with Crippen molar-refractivity contribution < 1.29 is 19.1 Å².